The molecule has 2 N–H and O–H groups in total. The molecule has 0 unspecified atom stereocenters. The van der Waals surface area contributed by atoms with Crippen LogP contribution in [0.1, 0.15) is 31.9 Å². The minimum Gasteiger partial charge on any atom is -0.497 e. The number of ether oxygens (including phenoxy) is 1. The van der Waals surface area contributed by atoms with E-state index in [1.54, 1.807) is 7.11 Å². The lowest BCUT2D eigenvalue weighted by Gasteiger charge is -2.23. The van der Waals surface area contributed by atoms with Crippen molar-refractivity contribution in [2.45, 2.75) is 26.3 Å². The summed E-state index contributed by atoms with van der Waals surface area (Å²) in [5.41, 5.74) is 2.19. The number of rotatable bonds is 6. The lowest BCUT2D eigenvalue weighted by atomic mass is 9.97. The van der Waals surface area contributed by atoms with Gasteiger partial charge >= 0.3 is 0 Å². The van der Waals surface area contributed by atoms with E-state index in [0.29, 0.717) is 11.0 Å². The van der Waals surface area contributed by atoms with E-state index in [4.69, 9.17) is 17.0 Å². The Hall–Kier alpha value is -2.07. The maximum Gasteiger partial charge on any atom is 0.171 e. The summed E-state index contributed by atoms with van der Waals surface area (Å²) < 4.78 is 5.16. The predicted octanol–water partition coefficient (Wildman–Crippen LogP) is 4.77. The zero-order chi connectivity index (χ0) is 16.7. The average molecular weight is 328 g/mol. The molecule has 0 saturated carbocycles. The van der Waals surface area contributed by atoms with E-state index in [2.05, 4.69) is 48.7 Å². The average Bonchev–Trinajstić information content (AvgIpc) is 2.55. The molecule has 0 aliphatic heterocycles. The SMILES string of the molecule is COc1ccc(NC(=S)N[C@@H](CC(C)C)c2ccccc2)cc1. The van der Waals surface area contributed by atoms with Crippen LogP contribution in [0.2, 0.25) is 0 Å². The molecule has 122 valence electrons. The molecule has 3 nitrogen and oxygen atoms in total. The summed E-state index contributed by atoms with van der Waals surface area (Å²) >= 11 is 5.47. The first-order valence-corrected chi connectivity index (χ1v) is 8.26. The molecule has 0 spiro atoms. The first-order valence-electron chi connectivity index (χ1n) is 7.85. The summed E-state index contributed by atoms with van der Waals surface area (Å²) in [5, 5.41) is 7.29. The Labute approximate surface area is 144 Å². The molecule has 2 aromatic carbocycles. The van der Waals surface area contributed by atoms with Gasteiger partial charge in [-0.25, -0.2) is 0 Å². The molecule has 0 bridgehead atoms. The number of benzene rings is 2. The van der Waals surface area contributed by atoms with E-state index in [0.717, 1.165) is 17.9 Å². The number of thiocarbonyl (C=S) groups is 1. The van der Waals surface area contributed by atoms with Gasteiger partial charge < -0.3 is 15.4 Å². The van der Waals surface area contributed by atoms with Gasteiger partial charge in [-0.05, 0) is 54.4 Å². The monoisotopic (exact) mass is 328 g/mol. The van der Waals surface area contributed by atoms with Gasteiger partial charge in [0.05, 0.1) is 13.2 Å². The van der Waals surface area contributed by atoms with Crippen molar-refractivity contribution >= 4 is 23.0 Å². The third-order valence-electron chi connectivity index (χ3n) is 3.56. The van der Waals surface area contributed by atoms with Crippen LogP contribution in [0, 0.1) is 5.92 Å². The molecular weight excluding hydrogens is 304 g/mol. The fourth-order valence-electron chi connectivity index (χ4n) is 2.43. The number of methoxy groups -OCH3 is 1. The number of nitrogens with one attached hydrogen (secondary N) is 2. The highest BCUT2D eigenvalue weighted by molar-refractivity contribution is 7.80. The highest BCUT2D eigenvalue weighted by Crippen LogP contribution is 2.21. The van der Waals surface area contributed by atoms with Gasteiger partial charge in [-0.3, -0.25) is 0 Å². The fraction of sp³-hybridized carbons (Fsp3) is 0.316. The second-order valence-corrected chi connectivity index (χ2v) is 6.33. The van der Waals surface area contributed by atoms with Gasteiger partial charge in [0.2, 0.25) is 0 Å². The highest BCUT2D eigenvalue weighted by atomic mass is 32.1. The van der Waals surface area contributed by atoms with Crippen molar-refractivity contribution in [2.24, 2.45) is 5.92 Å². The summed E-state index contributed by atoms with van der Waals surface area (Å²) in [5.74, 6) is 1.41. The Kier molecular flexibility index (Phi) is 6.41. The van der Waals surface area contributed by atoms with Gasteiger partial charge in [0, 0.05) is 5.69 Å². The standard InChI is InChI=1S/C19H24N2OS/c1-14(2)13-18(15-7-5-4-6-8-15)21-19(23)20-16-9-11-17(22-3)12-10-16/h4-12,14,18H,13H2,1-3H3,(H2,20,21,23)/t18-/m0/s1. The summed E-state index contributed by atoms with van der Waals surface area (Å²) in [4.78, 5) is 0. The maximum atomic E-state index is 5.47. The maximum absolute atomic E-state index is 5.47. The minimum absolute atomic E-state index is 0.203. The van der Waals surface area contributed by atoms with Crippen molar-refractivity contribution in [1.82, 2.24) is 5.32 Å². The lowest BCUT2D eigenvalue weighted by molar-refractivity contribution is 0.415. The van der Waals surface area contributed by atoms with E-state index in [1.807, 2.05) is 30.3 Å². The summed E-state index contributed by atoms with van der Waals surface area (Å²) in [7, 11) is 1.66. The Morgan fingerprint density at radius 1 is 1.04 bits per heavy atom. The summed E-state index contributed by atoms with van der Waals surface area (Å²) in [6.45, 7) is 4.44. The van der Waals surface area contributed by atoms with Crippen LogP contribution in [-0.4, -0.2) is 12.2 Å². The third kappa shape index (κ3) is 5.57. The lowest BCUT2D eigenvalue weighted by Crippen LogP contribution is -2.33. The van der Waals surface area contributed by atoms with Crippen molar-refractivity contribution in [2.75, 3.05) is 12.4 Å². The van der Waals surface area contributed by atoms with Crippen LogP contribution in [0.25, 0.3) is 0 Å². The zero-order valence-electron chi connectivity index (χ0n) is 13.9. The summed E-state index contributed by atoms with van der Waals surface area (Å²) in [6.07, 6.45) is 1.02. The van der Waals surface area contributed by atoms with Crippen LogP contribution in [0.4, 0.5) is 5.69 Å². The third-order valence-corrected chi connectivity index (χ3v) is 3.78. The molecule has 0 radical (unpaired) electrons. The largest absolute Gasteiger partial charge is 0.497 e. The minimum atomic E-state index is 0.203. The molecular formula is C19H24N2OS. The normalized spacial score (nSPS) is 11.8. The first-order chi connectivity index (χ1) is 11.1. The van der Waals surface area contributed by atoms with Gasteiger partial charge in [-0.1, -0.05) is 44.2 Å². The fourth-order valence-corrected chi connectivity index (χ4v) is 2.69. The topological polar surface area (TPSA) is 33.3 Å². The van der Waals surface area contributed by atoms with Crippen LogP contribution in [0.3, 0.4) is 0 Å². The van der Waals surface area contributed by atoms with E-state index in [1.165, 1.54) is 5.56 Å². The van der Waals surface area contributed by atoms with Gasteiger partial charge in [0.1, 0.15) is 5.75 Å². The molecule has 0 amide bonds. The van der Waals surface area contributed by atoms with Crippen molar-refractivity contribution in [3.05, 3.63) is 60.2 Å². The molecule has 0 fully saturated rings. The Morgan fingerprint density at radius 3 is 2.26 bits per heavy atom. The molecule has 2 aromatic rings. The van der Waals surface area contributed by atoms with E-state index >= 15 is 0 Å². The van der Waals surface area contributed by atoms with E-state index < -0.39 is 0 Å². The molecule has 0 saturated heterocycles. The molecule has 4 heteroatoms. The van der Waals surface area contributed by atoms with Gasteiger partial charge in [0.15, 0.2) is 5.11 Å². The van der Waals surface area contributed by atoms with E-state index in [-0.39, 0.29) is 6.04 Å². The van der Waals surface area contributed by atoms with Gasteiger partial charge in [0.25, 0.3) is 0 Å². The zero-order valence-corrected chi connectivity index (χ0v) is 14.7. The van der Waals surface area contributed by atoms with E-state index in [9.17, 15) is 0 Å². The molecule has 0 aromatic heterocycles. The van der Waals surface area contributed by atoms with Crippen LogP contribution in [-0.2, 0) is 0 Å². The van der Waals surface area contributed by atoms with Crippen LogP contribution >= 0.6 is 12.2 Å². The van der Waals surface area contributed by atoms with Gasteiger partial charge in [-0.2, -0.15) is 0 Å². The Morgan fingerprint density at radius 2 is 1.70 bits per heavy atom. The first kappa shape index (κ1) is 17.3. The van der Waals surface area contributed by atoms with Crippen molar-refractivity contribution in [1.29, 1.82) is 0 Å². The Bertz CT molecular complexity index is 611. The van der Waals surface area contributed by atoms with Gasteiger partial charge in [-0.15, -0.1) is 0 Å². The molecule has 1 atom stereocenters. The summed E-state index contributed by atoms with van der Waals surface area (Å²) in [6, 6.07) is 18.3. The number of anilines is 1. The van der Waals surface area contributed by atoms with Crippen molar-refractivity contribution in [3.63, 3.8) is 0 Å². The smallest absolute Gasteiger partial charge is 0.171 e. The van der Waals surface area contributed by atoms with Crippen LogP contribution < -0.4 is 15.4 Å². The molecule has 0 aliphatic rings. The highest BCUT2D eigenvalue weighted by Gasteiger charge is 2.14. The predicted molar refractivity (Wildman–Crippen MR) is 101 cm³/mol. The van der Waals surface area contributed by atoms with Crippen LogP contribution in [0.15, 0.2) is 54.6 Å². The molecule has 23 heavy (non-hydrogen) atoms. The molecule has 0 aliphatic carbocycles. The quantitative estimate of drug-likeness (QED) is 0.749. The van der Waals surface area contributed by atoms with Crippen molar-refractivity contribution < 1.29 is 4.74 Å². The molecule has 2 rings (SSSR count). The van der Waals surface area contributed by atoms with Crippen LogP contribution in [0.5, 0.6) is 5.75 Å². The number of hydrogen-bond donors (Lipinski definition) is 2. The second-order valence-electron chi connectivity index (χ2n) is 5.92. The van der Waals surface area contributed by atoms with Crippen molar-refractivity contribution in [3.8, 4) is 5.75 Å². The second kappa shape index (κ2) is 8.53. The Balaban J connectivity index is 2.02. The molecule has 0 heterocycles. The number of hydrogen-bond acceptors (Lipinski definition) is 2.